The van der Waals surface area contributed by atoms with E-state index in [-0.39, 0.29) is 10.8 Å². The Hall–Kier alpha value is -0.940. The summed E-state index contributed by atoms with van der Waals surface area (Å²) in [5, 5.41) is -0.330. The minimum absolute atomic E-state index is 0.0593. The molecule has 0 radical (unpaired) electrons. The van der Waals surface area contributed by atoms with E-state index in [1.54, 1.807) is 7.05 Å². The van der Waals surface area contributed by atoms with E-state index >= 15 is 0 Å². The highest BCUT2D eigenvalue weighted by Gasteiger charge is 2.34. The van der Waals surface area contributed by atoms with E-state index in [9.17, 15) is 13.2 Å². The van der Waals surface area contributed by atoms with Crippen molar-refractivity contribution in [3.63, 3.8) is 0 Å². The second-order valence-corrected chi connectivity index (χ2v) is 3.95. The average molecular weight is 269 g/mol. The Morgan fingerprint density at radius 1 is 1.25 bits per heavy atom. The van der Waals surface area contributed by atoms with E-state index in [0.29, 0.717) is 5.52 Å². The number of alkyl halides is 3. The molecule has 0 unspecified atom stereocenters. The van der Waals surface area contributed by atoms with E-state index in [1.165, 1.54) is 10.6 Å². The molecule has 0 aliphatic carbocycles. The van der Waals surface area contributed by atoms with Gasteiger partial charge in [0, 0.05) is 7.05 Å². The SMILES string of the molecule is Cn1c(Cl)nc2c(Cl)c(C(F)(F)F)ccc21. The zero-order valence-electron chi connectivity index (χ0n) is 7.94. The fourth-order valence-electron chi connectivity index (χ4n) is 1.42. The van der Waals surface area contributed by atoms with E-state index in [1.807, 2.05) is 0 Å². The highest BCUT2D eigenvalue weighted by Crippen LogP contribution is 2.38. The molecule has 2 nitrogen and oxygen atoms in total. The first kappa shape index (κ1) is 11.5. The zero-order chi connectivity index (χ0) is 12.1. The molecule has 1 heterocycles. The molecule has 0 bridgehead atoms. The van der Waals surface area contributed by atoms with Crippen LogP contribution < -0.4 is 0 Å². The van der Waals surface area contributed by atoms with Gasteiger partial charge in [-0.25, -0.2) is 4.98 Å². The third kappa shape index (κ3) is 1.64. The van der Waals surface area contributed by atoms with Gasteiger partial charge in [0.25, 0.3) is 0 Å². The van der Waals surface area contributed by atoms with Crippen LogP contribution in [0.5, 0.6) is 0 Å². The van der Waals surface area contributed by atoms with E-state index < -0.39 is 16.8 Å². The molecule has 86 valence electrons. The lowest BCUT2D eigenvalue weighted by molar-refractivity contribution is -0.137. The number of benzene rings is 1. The van der Waals surface area contributed by atoms with Gasteiger partial charge in [-0.15, -0.1) is 0 Å². The van der Waals surface area contributed by atoms with Crippen LogP contribution in [0.2, 0.25) is 10.3 Å². The predicted octanol–water partition coefficient (Wildman–Crippen LogP) is 3.90. The first-order valence-electron chi connectivity index (χ1n) is 4.20. The van der Waals surface area contributed by atoms with Crippen LogP contribution in [0.4, 0.5) is 13.2 Å². The van der Waals surface area contributed by atoms with Gasteiger partial charge in [0.1, 0.15) is 5.52 Å². The number of halogens is 5. The van der Waals surface area contributed by atoms with Crippen molar-refractivity contribution in [1.29, 1.82) is 0 Å². The molecule has 0 saturated carbocycles. The van der Waals surface area contributed by atoms with Crippen LogP contribution in [0.1, 0.15) is 5.56 Å². The van der Waals surface area contributed by atoms with Crippen molar-refractivity contribution in [2.75, 3.05) is 0 Å². The third-order valence-corrected chi connectivity index (χ3v) is 2.96. The summed E-state index contributed by atoms with van der Waals surface area (Å²) in [6.07, 6.45) is -4.49. The molecule has 0 atom stereocenters. The van der Waals surface area contributed by atoms with Crippen molar-refractivity contribution < 1.29 is 13.2 Å². The molecular formula is C9H5Cl2F3N2. The van der Waals surface area contributed by atoms with Gasteiger partial charge in [-0.1, -0.05) is 11.6 Å². The standard InChI is InChI=1S/C9H5Cl2F3N2/c1-16-5-3-2-4(9(12,13)14)6(10)7(5)15-8(16)11/h2-3H,1H3. The lowest BCUT2D eigenvalue weighted by atomic mass is 10.2. The molecule has 2 rings (SSSR count). The number of aromatic nitrogens is 2. The van der Waals surface area contributed by atoms with Crippen LogP contribution >= 0.6 is 23.2 Å². The van der Waals surface area contributed by atoms with Crippen LogP contribution in [0, 0.1) is 0 Å². The highest BCUT2D eigenvalue weighted by atomic mass is 35.5. The van der Waals surface area contributed by atoms with E-state index in [4.69, 9.17) is 23.2 Å². The Labute approximate surface area is 98.6 Å². The molecule has 1 aromatic carbocycles. The summed E-state index contributed by atoms with van der Waals surface area (Å²) in [6.45, 7) is 0. The van der Waals surface area contributed by atoms with Gasteiger partial charge in [0.05, 0.1) is 16.1 Å². The van der Waals surface area contributed by atoms with E-state index in [0.717, 1.165) is 6.07 Å². The topological polar surface area (TPSA) is 17.8 Å². The van der Waals surface area contributed by atoms with Gasteiger partial charge in [-0.05, 0) is 23.7 Å². The first-order chi connectivity index (χ1) is 7.32. The molecule has 0 N–H and O–H groups in total. The molecule has 0 amide bonds. The molecule has 0 spiro atoms. The van der Waals surface area contributed by atoms with Crippen molar-refractivity contribution in [2.24, 2.45) is 7.05 Å². The van der Waals surface area contributed by atoms with Crippen molar-refractivity contribution in [3.05, 3.63) is 28.0 Å². The fraction of sp³-hybridized carbons (Fsp3) is 0.222. The van der Waals surface area contributed by atoms with E-state index in [2.05, 4.69) is 4.98 Å². The summed E-state index contributed by atoms with van der Waals surface area (Å²) in [6, 6.07) is 2.21. The largest absolute Gasteiger partial charge is 0.417 e. The Balaban J connectivity index is 2.81. The number of rotatable bonds is 0. The van der Waals surface area contributed by atoms with Crippen molar-refractivity contribution in [3.8, 4) is 0 Å². The summed E-state index contributed by atoms with van der Waals surface area (Å²) in [5.74, 6) is 0. The number of fused-ring (bicyclic) bond motifs is 1. The maximum atomic E-state index is 12.5. The minimum atomic E-state index is -4.49. The summed E-state index contributed by atoms with van der Waals surface area (Å²) >= 11 is 11.4. The maximum Gasteiger partial charge on any atom is 0.417 e. The maximum absolute atomic E-state index is 12.5. The monoisotopic (exact) mass is 268 g/mol. The summed E-state index contributed by atoms with van der Waals surface area (Å²) in [7, 11) is 1.60. The summed E-state index contributed by atoms with van der Waals surface area (Å²) in [4.78, 5) is 3.78. The van der Waals surface area contributed by atoms with Gasteiger partial charge in [-0.3, -0.25) is 0 Å². The summed E-state index contributed by atoms with van der Waals surface area (Å²) < 4.78 is 39.1. The van der Waals surface area contributed by atoms with Gasteiger partial charge < -0.3 is 4.57 Å². The number of imidazole rings is 1. The van der Waals surface area contributed by atoms with Gasteiger partial charge in [0.15, 0.2) is 0 Å². The molecule has 0 saturated heterocycles. The van der Waals surface area contributed by atoms with Gasteiger partial charge in [0.2, 0.25) is 5.28 Å². The van der Waals surface area contributed by atoms with Crippen LogP contribution in [-0.4, -0.2) is 9.55 Å². The molecular weight excluding hydrogens is 264 g/mol. The highest BCUT2D eigenvalue weighted by molar-refractivity contribution is 6.36. The molecule has 0 aliphatic rings. The van der Waals surface area contributed by atoms with Gasteiger partial charge >= 0.3 is 6.18 Å². The molecule has 2 aromatic rings. The first-order valence-corrected chi connectivity index (χ1v) is 4.95. The molecule has 0 aliphatic heterocycles. The zero-order valence-corrected chi connectivity index (χ0v) is 9.45. The lowest BCUT2D eigenvalue weighted by Gasteiger charge is -2.08. The van der Waals surface area contributed by atoms with Crippen molar-refractivity contribution in [1.82, 2.24) is 9.55 Å². The van der Waals surface area contributed by atoms with Crippen LogP contribution in [0.3, 0.4) is 0 Å². The Morgan fingerprint density at radius 2 is 1.88 bits per heavy atom. The van der Waals surface area contributed by atoms with Crippen LogP contribution in [0.25, 0.3) is 11.0 Å². The molecule has 7 heteroatoms. The van der Waals surface area contributed by atoms with Gasteiger partial charge in [-0.2, -0.15) is 13.2 Å². The summed E-state index contributed by atoms with van der Waals surface area (Å²) in [5.41, 5.74) is -0.386. The second-order valence-electron chi connectivity index (χ2n) is 3.23. The Kier molecular flexibility index (Phi) is 2.55. The molecule has 1 aromatic heterocycles. The number of hydrogen-bond acceptors (Lipinski definition) is 1. The number of nitrogens with zero attached hydrogens (tertiary/aromatic N) is 2. The third-order valence-electron chi connectivity index (χ3n) is 2.24. The quantitative estimate of drug-likeness (QED) is 0.709. The molecule has 0 fully saturated rings. The minimum Gasteiger partial charge on any atom is -0.318 e. The predicted molar refractivity (Wildman–Crippen MR) is 55.7 cm³/mol. The Morgan fingerprint density at radius 3 is 2.44 bits per heavy atom. The lowest BCUT2D eigenvalue weighted by Crippen LogP contribution is -2.05. The number of aryl methyl sites for hydroxylation is 1. The van der Waals surface area contributed by atoms with Crippen LogP contribution in [-0.2, 0) is 13.2 Å². The Bertz CT molecular complexity index is 560. The second kappa shape index (κ2) is 3.53. The fourth-order valence-corrected chi connectivity index (χ4v) is 1.90. The number of hydrogen-bond donors (Lipinski definition) is 0. The smallest absolute Gasteiger partial charge is 0.318 e. The van der Waals surface area contributed by atoms with Crippen LogP contribution in [0.15, 0.2) is 12.1 Å². The molecule has 16 heavy (non-hydrogen) atoms. The van der Waals surface area contributed by atoms with Crippen molar-refractivity contribution in [2.45, 2.75) is 6.18 Å². The average Bonchev–Trinajstić information content (AvgIpc) is 2.44. The van der Waals surface area contributed by atoms with Crippen molar-refractivity contribution >= 4 is 34.2 Å². The normalized spacial score (nSPS) is 12.4.